The van der Waals surface area contributed by atoms with Crippen molar-refractivity contribution in [3.8, 4) is 16.9 Å². The Morgan fingerprint density at radius 3 is 2.59 bits per heavy atom. The number of para-hydroxylation sites is 2. The summed E-state index contributed by atoms with van der Waals surface area (Å²) < 4.78 is 2.17. The maximum absolute atomic E-state index is 11.3. The summed E-state index contributed by atoms with van der Waals surface area (Å²) in [4.78, 5) is 23.1. The largest absolute Gasteiger partial charge is 0.350 e. The fraction of sp³-hybridized carbons (Fsp3) is 0.194. The van der Waals surface area contributed by atoms with Crippen molar-refractivity contribution in [2.24, 2.45) is 0 Å². The van der Waals surface area contributed by atoms with E-state index < -0.39 is 0 Å². The molecular weight excluding hydrogens is 508 g/mol. The van der Waals surface area contributed by atoms with Crippen molar-refractivity contribution in [3.63, 3.8) is 0 Å². The molecule has 1 aliphatic heterocycles. The lowest BCUT2D eigenvalue weighted by Crippen LogP contribution is -2.26. The van der Waals surface area contributed by atoms with Crippen LogP contribution in [0.25, 0.3) is 27.8 Å². The minimum Gasteiger partial charge on any atom is -0.350 e. The third-order valence-electron chi connectivity index (χ3n) is 7.03. The molecule has 1 fully saturated rings. The number of anilines is 2. The maximum atomic E-state index is 11.3. The van der Waals surface area contributed by atoms with Crippen LogP contribution >= 0.6 is 11.6 Å². The Morgan fingerprint density at radius 1 is 1.03 bits per heavy atom. The highest BCUT2D eigenvalue weighted by atomic mass is 35.5. The van der Waals surface area contributed by atoms with Crippen LogP contribution in [0.5, 0.6) is 0 Å². The van der Waals surface area contributed by atoms with Crippen molar-refractivity contribution in [1.29, 1.82) is 0 Å². The highest BCUT2D eigenvalue weighted by Gasteiger charge is 2.24. The monoisotopic (exact) mass is 536 g/mol. The molecule has 1 amide bonds. The first-order valence-electron chi connectivity index (χ1n) is 13.1. The molecule has 8 heteroatoms. The van der Waals surface area contributed by atoms with E-state index in [0.29, 0.717) is 16.7 Å². The average molecular weight is 537 g/mol. The van der Waals surface area contributed by atoms with Gasteiger partial charge < -0.3 is 15.2 Å². The summed E-state index contributed by atoms with van der Waals surface area (Å²) in [5.41, 5.74) is 5.90. The van der Waals surface area contributed by atoms with Crippen molar-refractivity contribution in [1.82, 2.24) is 19.4 Å². The number of carbonyl (C=O) groups excluding carboxylic acids is 1. The highest BCUT2D eigenvalue weighted by Crippen LogP contribution is 2.35. The summed E-state index contributed by atoms with van der Waals surface area (Å²) >= 11 is 6.66. The lowest BCUT2D eigenvalue weighted by molar-refractivity contribution is -0.114. The number of benzene rings is 3. The Balaban J connectivity index is 1.19. The lowest BCUT2D eigenvalue weighted by Gasteiger charge is -2.17. The number of hydrogen-bond donors (Lipinski definition) is 2. The third kappa shape index (κ3) is 5.50. The van der Waals surface area contributed by atoms with E-state index in [1.165, 1.54) is 12.5 Å². The van der Waals surface area contributed by atoms with Crippen LogP contribution in [-0.4, -0.2) is 44.5 Å². The standard InChI is InChI=1S/C31H29ClN6O/c1-21(39)34-23-13-11-22(12-14-23)18-37-16-15-24(19-37)35-31-33-17-28(32)30(36-31)27-20-38(25-7-3-2-4-8-25)29-10-6-5-9-26(27)29/h2-14,17,20,24H,15-16,18-19H2,1H3,(H,34,39)(H,33,35,36)/t24-/m1/s1. The molecule has 1 atom stereocenters. The van der Waals surface area contributed by atoms with E-state index in [1.807, 2.05) is 42.5 Å². The number of amides is 1. The van der Waals surface area contributed by atoms with E-state index in [-0.39, 0.29) is 11.9 Å². The number of nitrogens with zero attached hydrogens (tertiary/aromatic N) is 4. The van der Waals surface area contributed by atoms with Gasteiger partial charge in [-0.05, 0) is 42.3 Å². The summed E-state index contributed by atoms with van der Waals surface area (Å²) in [6.07, 6.45) is 4.79. The molecule has 3 heterocycles. The minimum absolute atomic E-state index is 0.0641. The van der Waals surface area contributed by atoms with Gasteiger partial charge in [0.2, 0.25) is 11.9 Å². The minimum atomic E-state index is -0.0641. The Kier molecular flexibility index (Phi) is 7.00. The van der Waals surface area contributed by atoms with Crippen molar-refractivity contribution in [2.45, 2.75) is 25.9 Å². The van der Waals surface area contributed by atoms with Gasteiger partial charge >= 0.3 is 0 Å². The second kappa shape index (κ2) is 10.9. The van der Waals surface area contributed by atoms with Gasteiger partial charge in [-0.15, -0.1) is 0 Å². The number of hydrogen-bond acceptors (Lipinski definition) is 5. The lowest BCUT2D eigenvalue weighted by atomic mass is 10.1. The van der Waals surface area contributed by atoms with Gasteiger partial charge in [0.05, 0.1) is 22.4 Å². The zero-order chi connectivity index (χ0) is 26.8. The van der Waals surface area contributed by atoms with E-state index in [2.05, 4.69) is 67.7 Å². The molecule has 3 aromatic carbocycles. The zero-order valence-corrected chi connectivity index (χ0v) is 22.4. The number of nitrogens with one attached hydrogen (secondary N) is 2. The first-order chi connectivity index (χ1) is 19.0. The van der Waals surface area contributed by atoms with Crippen LogP contribution in [0.15, 0.2) is 91.3 Å². The van der Waals surface area contributed by atoms with E-state index in [4.69, 9.17) is 16.6 Å². The fourth-order valence-corrected chi connectivity index (χ4v) is 5.42. The Morgan fingerprint density at radius 2 is 1.79 bits per heavy atom. The molecule has 5 aromatic rings. The molecule has 39 heavy (non-hydrogen) atoms. The molecule has 0 unspecified atom stereocenters. The fourth-order valence-electron chi connectivity index (χ4n) is 5.23. The van der Waals surface area contributed by atoms with Crippen LogP contribution in [0.3, 0.4) is 0 Å². The summed E-state index contributed by atoms with van der Waals surface area (Å²) in [5, 5.41) is 7.95. The van der Waals surface area contributed by atoms with Gasteiger partial charge in [-0.2, -0.15) is 0 Å². The predicted molar refractivity (Wildman–Crippen MR) is 157 cm³/mol. The second-order valence-electron chi connectivity index (χ2n) is 9.90. The molecule has 1 saturated heterocycles. The smallest absolute Gasteiger partial charge is 0.223 e. The van der Waals surface area contributed by atoms with Gasteiger partial charge in [-0.1, -0.05) is 60.1 Å². The van der Waals surface area contributed by atoms with Crippen molar-refractivity contribution in [3.05, 3.63) is 102 Å². The van der Waals surface area contributed by atoms with Gasteiger partial charge in [0, 0.05) is 61.1 Å². The summed E-state index contributed by atoms with van der Waals surface area (Å²) in [5.74, 6) is 0.517. The van der Waals surface area contributed by atoms with E-state index >= 15 is 0 Å². The number of halogens is 1. The number of fused-ring (bicyclic) bond motifs is 1. The van der Waals surface area contributed by atoms with Gasteiger partial charge in [0.1, 0.15) is 0 Å². The van der Waals surface area contributed by atoms with Gasteiger partial charge in [0.25, 0.3) is 0 Å². The normalized spacial score (nSPS) is 15.5. The van der Waals surface area contributed by atoms with E-state index in [0.717, 1.165) is 53.9 Å². The second-order valence-corrected chi connectivity index (χ2v) is 10.3. The number of likely N-dealkylation sites (tertiary alicyclic amines) is 1. The molecule has 2 aromatic heterocycles. The van der Waals surface area contributed by atoms with Crippen LogP contribution in [0.2, 0.25) is 5.02 Å². The molecule has 0 aliphatic carbocycles. The van der Waals surface area contributed by atoms with Crippen LogP contribution in [0.4, 0.5) is 11.6 Å². The van der Waals surface area contributed by atoms with E-state index in [9.17, 15) is 4.79 Å². The van der Waals surface area contributed by atoms with Crippen molar-refractivity contribution in [2.75, 3.05) is 23.7 Å². The predicted octanol–water partition coefficient (Wildman–Crippen LogP) is 6.39. The molecular formula is C31H29ClN6O. The molecule has 0 radical (unpaired) electrons. The molecule has 6 rings (SSSR count). The molecule has 2 N–H and O–H groups in total. The Labute approximate surface area is 232 Å². The zero-order valence-electron chi connectivity index (χ0n) is 21.6. The van der Waals surface area contributed by atoms with Gasteiger partial charge in [-0.3, -0.25) is 9.69 Å². The Hall–Kier alpha value is -4.20. The van der Waals surface area contributed by atoms with Gasteiger partial charge in [0.15, 0.2) is 0 Å². The SMILES string of the molecule is CC(=O)Nc1ccc(CN2CC[C@@H](Nc3ncc(Cl)c(-c4cn(-c5ccccc5)c5ccccc45)n3)C2)cc1. The average Bonchev–Trinajstić information content (AvgIpc) is 3.55. The number of carbonyl (C=O) groups is 1. The van der Waals surface area contributed by atoms with Crippen LogP contribution in [0.1, 0.15) is 18.9 Å². The first-order valence-corrected chi connectivity index (χ1v) is 13.4. The molecule has 0 spiro atoms. The summed E-state index contributed by atoms with van der Waals surface area (Å²) in [6.45, 7) is 4.24. The quantitative estimate of drug-likeness (QED) is 0.252. The summed E-state index contributed by atoms with van der Waals surface area (Å²) in [6, 6.07) is 26.8. The summed E-state index contributed by atoms with van der Waals surface area (Å²) in [7, 11) is 0. The van der Waals surface area contributed by atoms with Crippen molar-refractivity contribution >= 4 is 40.0 Å². The highest BCUT2D eigenvalue weighted by molar-refractivity contribution is 6.33. The molecule has 0 saturated carbocycles. The molecule has 196 valence electrons. The molecule has 1 aliphatic rings. The van der Waals surface area contributed by atoms with Crippen molar-refractivity contribution < 1.29 is 4.79 Å². The topological polar surface area (TPSA) is 75.1 Å². The van der Waals surface area contributed by atoms with Crippen LogP contribution in [0, 0.1) is 0 Å². The van der Waals surface area contributed by atoms with Gasteiger partial charge in [-0.25, -0.2) is 9.97 Å². The van der Waals surface area contributed by atoms with Crippen LogP contribution in [-0.2, 0) is 11.3 Å². The first kappa shape index (κ1) is 25.1. The maximum Gasteiger partial charge on any atom is 0.223 e. The Bertz CT molecular complexity index is 1620. The molecule has 0 bridgehead atoms. The number of rotatable bonds is 7. The van der Waals surface area contributed by atoms with E-state index in [1.54, 1.807) is 6.20 Å². The van der Waals surface area contributed by atoms with Crippen LogP contribution < -0.4 is 10.6 Å². The number of aromatic nitrogens is 3. The molecule has 7 nitrogen and oxygen atoms in total. The third-order valence-corrected chi connectivity index (χ3v) is 7.31.